The molecule has 2 heterocycles. The van der Waals surface area contributed by atoms with Gasteiger partial charge in [0.25, 0.3) is 0 Å². The summed E-state index contributed by atoms with van der Waals surface area (Å²) in [5, 5.41) is 0. The van der Waals surface area contributed by atoms with Crippen LogP contribution in [0, 0.1) is 0 Å². The summed E-state index contributed by atoms with van der Waals surface area (Å²) in [5.74, 6) is 1.54. The fraction of sp³-hybridized carbons (Fsp3) is 0.750. The highest BCUT2D eigenvalue weighted by atomic mass is 16.6. The zero-order valence-electron chi connectivity index (χ0n) is 9.66. The molecule has 0 aromatic carbocycles. The molecule has 1 aromatic heterocycles. The molecule has 2 aliphatic rings. The van der Waals surface area contributed by atoms with Crippen molar-refractivity contribution in [1.82, 2.24) is 9.97 Å². The number of rotatable bonds is 1. The number of hydrogen-bond acceptors (Lipinski definition) is 3. The Morgan fingerprint density at radius 3 is 3.06 bits per heavy atom. The highest BCUT2D eigenvalue weighted by molar-refractivity contribution is 5.22. The summed E-state index contributed by atoms with van der Waals surface area (Å²) in [6.07, 6.45) is 3.64. The Kier molecular flexibility index (Phi) is 2.69. The van der Waals surface area contributed by atoms with Crippen molar-refractivity contribution in [3.8, 4) is 0 Å². The fourth-order valence-corrected chi connectivity index (χ4v) is 2.56. The van der Waals surface area contributed by atoms with Gasteiger partial charge in [-0.25, -0.2) is 4.98 Å². The van der Waals surface area contributed by atoms with Crippen molar-refractivity contribution in [3.05, 3.63) is 17.2 Å². The average molecular weight is 222 g/mol. The zero-order valence-corrected chi connectivity index (χ0v) is 9.66. The van der Waals surface area contributed by atoms with Gasteiger partial charge >= 0.3 is 0 Å². The number of nitrogens with zero attached hydrogens (tertiary/aromatic N) is 1. The van der Waals surface area contributed by atoms with E-state index in [0.29, 0.717) is 25.7 Å². The largest absolute Gasteiger partial charge is 0.376 e. The first-order valence-electron chi connectivity index (χ1n) is 6.12. The second-order valence-electron chi connectivity index (χ2n) is 4.71. The van der Waals surface area contributed by atoms with Crippen LogP contribution in [0.15, 0.2) is 0 Å². The van der Waals surface area contributed by atoms with Crippen LogP contribution in [0.4, 0.5) is 0 Å². The summed E-state index contributed by atoms with van der Waals surface area (Å²) in [6, 6.07) is 0. The molecule has 0 amide bonds. The minimum absolute atomic E-state index is 0.00606. The summed E-state index contributed by atoms with van der Waals surface area (Å²) >= 11 is 0. The predicted molar refractivity (Wildman–Crippen MR) is 59.5 cm³/mol. The van der Waals surface area contributed by atoms with Crippen molar-refractivity contribution >= 4 is 0 Å². The molecule has 0 spiro atoms. The van der Waals surface area contributed by atoms with Crippen molar-refractivity contribution in [2.45, 2.75) is 38.2 Å². The van der Waals surface area contributed by atoms with Gasteiger partial charge in [-0.15, -0.1) is 0 Å². The van der Waals surface area contributed by atoms with Gasteiger partial charge in [0.15, 0.2) is 0 Å². The summed E-state index contributed by atoms with van der Waals surface area (Å²) in [5.41, 5.74) is 2.55. The average Bonchev–Trinajstić information content (AvgIpc) is 2.76. The van der Waals surface area contributed by atoms with Gasteiger partial charge in [0.05, 0.1) is 25.5 Å². The Bertz CT molecular complexity index is 369. The molecule has 2 atom stereocenters. The van der Waals surface area contributed by atoms with Gasteiger partial charge in [0.2, 0.25) is 0 Å². The van der Waals surface area contributed by atoms with Crippen LogP contribution < -0.4 is 0 Å². The monoisotopic (exact) mass is 222 g/mol. The molecular weight excluding hydrogens is 204 g/mol. The standard InChI is InChI=1S/C12H18N2O2/c1-8-3-2-4-9-11(8)14-12(13-9)10-7-15-5-6-16-10/h8,10H,2-7H2,1H3,(H,13,14). The number of hydrogen-bond donors (Lipinski definition) is 1. The lowest BCUT2D eigenvalue weighted by Gasteiger charge is -2.20. The Morgan fingerprint density at radius 2 is 2.31 bits per heavy atom. The number of aryl methyl sites for hydroxylation is 1. The van der Waals surface area contributed by atoms with E-state index < -0.39 is 0 Å². The Hall–Kier alpha value is -0.870. The lowest BCUT2D eigenvalue weighted by Crippen LogP contribution is -2.22. The number of nitrogens with one attached hydrogen (secondary N) is 1. The molecule has 3 rings (SSSR count). The highest BCUT2D eigenvalue weighted by Crippen LogP contribution is 2.31. The van der Waals surface area contributed by atoms with Crippen molar-refractivity contribution in [2.24, 2.45) is 0 Å². The quantitative estimate of drug-likeness (QED) is 0.790. The minimum atomic E-state index is 0.00606. The maximum atomic E-state index is 5.66. The number of H-pyrrole nitrogens is 1. The summed E-state index contributed by atoms with van der Waals surface area (Å²) < 4.78 is 11.1. The van der Waals surface area contributed by atoms with Gasteiger partial charge in [-0.3, -0.25) is 0 Å². The molecule has 4 heteroatoms. The van der Waals surface area contributed by atoms with E-state index in [4.69, 9.17) is 14.5 Å². The van der Waals surface area contributed by atoms with E-state index in [1.807, 2.05) is 0 Å². The third kappa shape index (κ3) is 1.76. The first kappa shape index (κ1) is 10.3. The zero-order chi connectivity index (χ0) is 11.0. The first-order valence-corrected chi connectivity index (χ1v) is 6.12. The minimum Gasteiger partial charge on any atom is -0.376 e. The first-order chi connectivity index (χ1) is 7.84. The van der Waals surface area contributed by atoms with Gasteiger partial charge in [-0.05, 0) is 19.3 Å². The van der Waals surface area contributed by atoms with Crippen molar-refractivity contribution < 1.29 is 9.47 Å². The molecular formula is C12H18N2O2. The molecule has 1 aromatic rings. The molecule has 16 heavy (non-hydrogen) atoms. The number of aromatic amines is 1. The smallest absolute Gasteiger partial charge is 0.138 e. The number of ether oxygens (including phenoxy) is 2. The molecule has 1 saturated heterocycles. The molecule has 1 fully saturated rings. The third-order valence-corrected chi connectivity index (χ3v) is 3.48. The van der Waals surface area contributed by atoms with E-state index in [9.17, 15) is 0 Å². The van der Waals surface area contributed by atoms with Crippen LogP contribution in [0.1, 0.15) is 49.0 Å². The van der Waals surface area contributed by atoms with Gasteiger partial charge in [0, 0.05) is 11.6 Å². The van der Waals surface area contributed by atoms with E-state index in [-0.39, 0.29) is 6.10 Å². The highest BCUT2D eigenvalue weighted by Gasteiger charge is 2.25. The molecule has 88 valence electrons. The van der Waals surface area contributed by atoms with Crippen LogP contribution in [0.3, 0.4) is 0 Å². The van der Waals surface area contributed by atoms with Gasteiger partial charge in [-0.2, -0.15) is 0 Å². The molecule has 0 bridgehead atoms. The van der Waals surface area contributed by atoms with Crippen molar-refractivity contribution in [3.63, 3.8) is 0 Å². The Labute approximate surface area is 95.4 Å². The maximum absolute atomic E-state index is 5.66. The summed E-state index contributed by atoms with van der Waals surface area (Å²) in [7, 11) is 0. The summed E-state index contributed by atoms with van der Waals surface area (Å²) in [4.78, 5) is 8.11. The Balaban J connectivity index is 1.85. The van der Waals surface area contributed by atoms with E-state index in [0.717, 1.165) is 12.2 Å². The number of fused-ring (bicyclic) bond motifs is 1. The lowest BCUT2D eigenvalue weighted by atomic mass is 9.92. The van der Waals surface area contributed by atoms with Gasteiger partial charge in [-0.1, -0.05) is 6.92 Å². The Morgan fingerprint density at radius 1 is 1.38 bits per heavy atom. The second kappa shape index (κ2) is 4.18. The number of imidazole rings is 1. The molecule has 0 radical (unpaired) electrons. The summed E-state index contributed by atoms with van der Waals surface area (Å²) in [6.45, 7) is 4.25. The third-order valence-electron chi connectivity index (χ3n) is 3.48. The van der Waals surface area contributed by atoms with Gasteiger partial charge < -0.3 is 14.5 Å². The van der Waals surface area contributed by atoms with Crippen LogP contribution in [-0.2, 0) is 15.9 Å². The van der Waals surface area contributed by atoms with Crippen LogP contribution in [0.5, 0.6) is 0 Å². The van der Waals surface area contributed by atoms with E-state index in [2.05, 4.69) is 11.9 Å². The van der Waals surface area contributed by atoms with Crippen molar-refractivity contribution in [1.29, 1.82) is 0 Å². The normalized spacial score (nSPS) is 30.1. The molecule has 0 saturated carbocycles. The number of aromatic nitrogens is 2. The van der Waals surface area contributed by atoms with E-state index >= 15 is 0 Å². The molecule has 1 aliphatic heterocycles. The topological polar surface area (TPSA) is 47.1 Å². The van der Waals surface area contributed by atoms with Crippen LogP contribution >= 0.6 is 0 Å². The van der Waals surface area contributed by atoms with Crippen LogP contribution in [-0.4, -0.2) is 29.8 Å². The van der Waals surface area contributed by atoms with Crippen molar-refractivity contribution in [2.75, 3.05) is 19.8 Å². The molecule has 4 nitrogen and oxygen atoms in total. The van der Waals surface area contributed by atoms with E-state index in [1.165, 1.54) is 24.2 Å². The molecule has 1 aliphatic carbocycles. The van der Waals surface area contributed by atoms with Crippen LogP contribution in [0.2, 0.25) is 0 Å². The maximum Gasteiger partial charge on any atom is 0.138 e. The van der Waals surface area contributed by atoms with Gasteiger partial charge in [0.1, 0.15) is 11.9 Å². The van der Waals surface area contributed by atoms with Crippen LogP contribution in [0.25, 0.3) is 0 Å². The second-order valence-corrected chi connectivity index (χ2v) is 4.71. The SMILES string of the molecule is CC1CCCc2[nH]c(C3COCCO3)nc21. The lowest BCUT2D eigenvalue weighted by molar-refractivity contribution is -0.0933. The fourth-order valence-electron chi connectivity index (χ4n) is 2.56. The molecule has 1 N–H and O–H groups in total. The molecule has 2 unspecified atom stereocenters. The predicted octanol–water partition coefficient (Wildman–Crippen LogP) is 1.94. The van der Waals surface area contributed by atoms with E-state index in [1.54, 1.807) is 0 Å².